The zero-order valence-corrected chi connectivity index (χ0v) is 24.7. The maximum absolute atomic E-state index is 13.4. The number of hydrazone groups is 1. The number of nitrogens with zero attached hydrogens (tertiary/aromatic N) is 2. The number of carbonyl (C=O) groups is 1. The van der Waals surface area contributed by atoms with Crippen LogP contribution in [0.5, 0.6) is 0 Å². The first-order valence-electron chi connectivity index (χ1n) is 12.8. The van der Waals surface area contributed by atoms with E-state index in [1.807, 2.05) is 65.4 Å². The molecule has 1 amide bonds. The van der Waals surface area contributed by atoms with Gasteiger partial charge in [-0.15, -0.1) is 0 Å². The lowest BCUT2D eigenvalue weighted by molar-refractivity contribution is -0.122. The molecule has 0 radical (unpaired) electrons. The molecule has 1 atom stereocenters. The van der Waals surface area contributed by atoms with Gasteiger partial charge >= 0.3 is 0 Å². The van der Waals surface area contributed by atoms with Crippen LogP contribution in [0.2, 0.25) is 0 Å². The third-order valence-corrected chi connectivity index (χ3v) is 8.69. The van der Waals surface area contributed by atoms with Gasteiger partial charge in [0.1, 0.15) is 11.9 Å². The van der Waals surface area contributed by atoms with E-state index in [1.54, 1.807) is 24.3 Å². The number of fused-ring (bicyclic) bond motifs is 1. The Labute approximate surface area is 251 Å². The van der Waals surface area contributed by atoms with Gasteiger partial charge < -0.3 is 4.57 Å². The average Bonchev–Trinajstić information content (AvgIpc) is 3.31. The topological polar surface area (TPSA) is 92.6 Å². The molecule has 5 aromatic rings. The Bertz CT molecular complexity index is 1790. The summed E-state index contributed by atoms with van der Waals surface area (Å²) in [6.45, 7) is 0.528. The van der Waals surface area contributed by atoms with E-state index in [0.717, 1.165) is 31.2 Å². The summed E-state index contributed by atoms with van der Waals surface area (Å²) in [5, 5.41) is 5.10. The fourth-order valence-electron chi connectivity index (χ4n) is 4.45. The molecule has 7 nitrogen and oxygen atoms in total. The van der Waals surface area contributed by atoms with Crippen molar-refractivity contribution in [1.29, 1.82) is 0 Å². The highest BCUT2D eigenvalue weighted by Gasteiger charge is 2.26. The summed E-state index contributed by atoms with van der Waals surface area (Å²) in [5.41, 5.74) is 5.97. The number of benzene rings is 4. The number of carbonyl (C=O) groups excluding carboxylic acids is 1. The van der Waals surface area contributed by atoms with Crippen molar-refractivity contribution >= 4 is 55.6 Å². The van der Waals surface area contributed by atoms with Crippen LogP contribution < -0.4 is 10.1 Å². The van der Waals surface area contributed by atoms with Gasteiger partial charge in [-0.1, -0.05) is 60.7 Å². The lowest BCUT2D eigenvalue weighted by Crippen LogP contribution is -2.46. The number of hydrogen-bond donors (Lipinski definition) is 2. The third-order valence-electron chi connectivity index (χ3n) is 6.48. The van der Waals surface area contributed by atoms with Crippen molar-refractivity contribution < 1.29 is 17.6 Å². The normalized spacial score (nSPS) is 12.5. The van der Waals surface area contributed by atoms with Crippen molar-refractivity contribution in [3.05, 3.63) is 135 Å². The standard InChI is InChI=1S/C31H26FIN4O3S/c32-25-12-10-23(11-13-25)20-37-21-24(28-8-4-5-9-30(28)37)19-34-35-31(38)29(18-22-6-2-1-3-7-22)36-41(39,40)27-16-14-26(33)15-17-27/h1-17,19,21,29,36H,18,20H2,(H,35,38)/b34-19-/t29-/m0/s1. The summed E-state index contributed by atoms with van der Waals surface area (Å²) in [4.78, 5) is 13.3. The summed E-state index contributed by atoms with van der Waals surface area (Å²) < 4.78 is 45.0. The Morgan fingerprint density at radius 2 is 1.59 bits per heavy atom. The minimum absolute atomic E-state index is 0.0706. The van der Waals surface area contributed by atoms with Crippen molar-refractivity contribution in [2.24, 2.45) is 5.10 Å². The van der Waals surface area contributed by atoms with Gasteiger partial charge in [0.25, 0.3) is 5.91 Å². The molecule has 2 N–H and O–H groups in total. The maximum atomic E-state index is 13.4. The van der Waals surface area contributed by atoms with Crippen molar-refractivity contribution in [3.63, 3.8) is 0 Å². The van der Waals surface area contributed by atoms with Gasteiger partial charge in [0.2, 0.25) is 10.0 Å². The van der Waals surface area contributed by atoms with Crippen molar-refractivity contribution in [3.8, 4) is 0 Å². The third kappa shape index (κ3) is 7.26. The second-order valence-electron chi connectivity index (χ2n) is 9.41. The molecule has 0 saturated heterocycles. The van der Waals surface area contributed by atoms with Crippen LogP contribution in [0.1, 0.15) is 16.7 Å². The number of amides is 1. The Hall–Kier alpha value is -3.87. The van der Waals surface area contributed by atoms with E-state index in [0.29, 0.717) is 6.54 Å². The number of para-hydroxylation sites is 1. The van der Waals surface area contributed by atoms with E-state index in [1.165, 1.54) is 30.5 Å². The quantitative estimate of drug-likeness (QED) is 0.116. The molecular weight excluding hydrogens is 654 g/mol. The maximum Gasteiger partial charge on any atom is 0.258 e. The molecule has 1 aromatic heterocycles. The summed E-state index contributed by atoms with van der Waals surface area (Å²) in [7, 11) is -3.97. The van der Waals surface area contributed by atoms with Crippen molar-refractivity contribution in [2.45, 2.75) is 23.9 Å². The Kier molecular flexibility index (Phi) is 8.91. The van der Waals surface area contributed by atoms with Crippen LogP contribution in [0, 0.1) is 9.39 Å². The molecule has 5 rings (SSSR count). The van der Waals surface area contributed by atoms with Gasteiger partial charge in [0, 0.05) is 32.8 Å². The molecule has 10 heteroatoms. The number of nitrogens with one attached hydrogen (secondary N) is 2. The van der Waals surface area contributed by atoms with Gasteiger partial charge in [0.15, 0.2) is 0 Å². The predicted octanol–water partition coefficient (Wildman–Crippen LogP) is 5.47. The molecule has 0 saturated carbocycles. The molecule has 0 fully saturated rings. The summed E-state index contributed by atoms with van der Waals surface area (Å²) in [6.07, 6.45) is 3.59. The Morgan fingerprint density at radius 1 is 0.902 bits per heavy atom. The second-order valence-corrected chi connectivity index (χ2v) is 12.4. The van der Waals surface area contributed by atoms with Gasteiger partial charge in [0.05, 0.1) is 11.1 Å². The Balaban J connectivity index is 1.36. The first kappa shape index (κ1) is 28.7. The van der Waals surface area contributed by atoms with Crippen LogP contribution in [-0.2, 0) is 27.8 Å². The van der Waals surface area contributed by atoms with Crippen LogP contribution in [0.4, 0.5) is 4.39 Å². The number of halogens is 2. The highest BCUT2D eigenvalue weighted by atomic mass is 127. The molecule has 0 bridgehead atoms. The number of aromatic nitrogens is 1. The zero-order chi connectivity index (χ0) is 28.8. The molecule has 0 spiro atoms. The van der Waals surface area contributed by atoms with E-state index in [4.69, 9.17) is 0 Å². The van der Waals surface area contributed by atoms with Gasteiger partial charge in [-0.05, 0) is 82.6 Å². The van der Waals surface area contributed by atoms with Crippen LogP contribution >= 0.6 is 22.6 Å². The molecule has 208 valence electrons. The lowest BCUT2D eigenvalue weighted by Gasteiger charge is -2.17. The van der Waals surface area contributed by atoms with E-state index >= 15 is 0 Å². The van der Waals surface area contributed by atoms with Gasteiger partial charge in [-0.25, -0.2) is 18.2 Å². The monoisotopic (exact) mass is 680 g/mol. The first-order chi connectivity index (χ1) is 19.8. The average molecular weight is 681 g/mol. The van der Waals surface area contributed by atoms with Crippen LogP contribution in [-0.4, -0.2) is 31.1 Å². The van der Waals surface area contributed by atoms with Crippen molar-refractivity contribution in [2.75, 3.05) is 0 Å². The lowest BCUT2D eigenvalue weighted by atomic mass is 10.1. The number of hydrogen-bond acceptors (Lipinski definition) is 4. The van der Waals surface area contributed by atoms with Crippen LogP contribution in [0.25, 0.3) is 10.9 Å². The minimum atomic E-state index is -3.97. The fraction of sp³-hybridized carbons (Fsp3) is 0.0968. The highest BCUT2D eigenvalue weighted by Crippen LogP contribution is 2.21. The first-order valence-corrected chi connectivity index (χ1v) is 15.3. The van der Waals surface area contributed by atoms with E-state index in [2.05, 4.69) is 37.8 Å². The SMILES string of the molecule is O=C(N/N=C\c1cn(Cc2ccc(F)cc2)c2ccccc12)[C@H](Cc1ccccc1)NS(=O)(=O)c1ccc(I)cc1. The van der Waals surface area contributed by atoms with E-state index in [9.17, 15) is 17.6 Å². The molecule has 41 heavy (non-hydrogen) atoms. The van der Waals surface area contributed by atoms with Crippen LogP contribution in [0.3, 0.4) is 0 Å². The zero-order valence-electron chi connectivity index (χ0n) is 21.7. The Morgan fingerprint density at radius 3 is 2.32 bits per heavy atom. The predicted molar refractivity (Wildman–Crippen MR) is 167 cm³/mol. The van der Waals surface area contributed by atoms with Gasteiger partial charge in [-0.2, -0.15) is 9.82 Å². The molecule has 0 aliphatic carbocycles. The highest BCUT2D eigenvalue weighted by molar-refractivity contribution is 14.1. The smallest absolute Gasteiger partial charge is 0.258 e. The molecule has 0 unspecified atom stereocenters. The number of rotatable bonds is 10. The largest absolute Gasteiger partial charge is 0.342 e. The van der Waals surface area contributed by atoms with E-state index < -0.39 is 22.0 Å². The molecule has 1 heterocycles. The summed E-state index contributed by atoms with van der Waals surface area (Å²) in [6, 6.07) is 28.6. The molecular formula is C31H26FIN4O3S. The molecule has 0 aliphatic heterocycles. The molecule has 0 aliphatic rings. The summed E-state index contributed by atoms with van der Waals surface area (Å²) in [5.74, 6) is -0.879. The summed E-state index contributed by atoms with van der Waals surface area (Å²) >= 11 is 2.10. The molecule has 4 aromatic carbocycles. The van der Waals surface area contributed by atoms with Crippen LogP contribution in [0.15, 0.2) is 119 Å². The van der Waals surface area contributed by atoms with Gasteiger partial charge in [-0.3, -0.25) is 4.79 Å². The number of sulfonamides is 1. The minimum Gasteiger partial charge on any atom is -0.342 e. The fourth-order valence-corrected chi connectivity index (χ4v) is 6.00. The second kappa shape index (κ2) is 12.8. The van der Waals surface area contributed by atoms with E-state index in [-0.39, 0.29) is 17.1 Å². The van der Waals surface area contributed by atoms with Crippen molar-refractivity contribution in [1.82, 2.24) is 14.7 Å².